The van der Waals surface area contributed by atoms with E-state index in [9.17, 15) is 0 Å². The lowest BCUT2D eigenvalue weighted by molar-refractivity contribution is 0.669. The van der Waals surface area contributed by atoms with Gasteiger partial charge >= 0.3 is 0 Å². The van der Waals surface area contributed by atoms with E-state index in [1.165, 1.54) is 97.7 Å². The molecule has 59 heavy (non-hydrogen) atoms. The summed E-state index contributed by atoms with van der Waals surface area (Å²) in [4.78, 5) is 0. The summed E-state index contributed by atoms with van der Waals surface area (Å²) in [6.07, 6.45) is 0. The molecular weight excluding hydrogens is 713 g/mol. The Morgan fingerprint density at radius 2 is 0.678 bits per heavy atom. The molecule has 0 N–H and O–H groups in total. The highest BCUT2D eigenvalue weighted by Crippen LogP contribution is 2.42. The molecule has 0 atom stereocenters. The summed E-state index contributed by atoms with van der Waals surface area (Å²) < 4.78 is 6.71. The van der Waals surface area contributed by atoms with Crippen LogP contribution in [-0.4, -0.2) is 0 Å². The van der Waals surface area contributed by atoms with Crippen molar-refractivity contribution in [1.29, 1.82) is 0 Å². The highest BCUT2D eigenvalue weighted by molar-refractivity contribution is 6.24. The third-order valence-corrected chi connectivity index (χ3v) is 12.8. The van der Waals surface area contributed by atoms with Crippen LogP contribution >= 0.6 is 0 Å². The predicted octanol–water partition coefficient (Wildman–Crippen LogP) is 16.7. The van der Waals surface area contributed by atoms with Gasteiger partial charge in [-0.15, -0.1) is 0 Å². The molecule has 0 aliphatic rings. The van der Waals surface area contributed by atoms with E-state index in [-0.39, 0.29) is 0 Å². The van der Waals surface area contributed by atoms with Crippen LogP contribution in [0.3, 0.4) is 0 Å². The van der Waals surface area contributed by atoms with E-state index in [4.69, 9.17) is 4.42 Å². The van der Waals surface area contributed by atoms with Crippen molar-refractivity contribution in [2.24, 2.45) is 0 Å². The van der Waals surface area contributed by atoms with Gasteiger partial charge in [-0.1, -0.05) is 158 Å². The largest absolute Gasteiger partial charge is 0.456 e. The minimum atomic E-state index is 0.896. The molecule has 1 heterocycles. The van der Waals surface area contributed by atoms with Crippen LogP contribution in [0.4, 0.5) is 0 Å². The Morgan fingerprint density at radius 1 is 0.220 bits per heavy atom. The Labute approximate surface area is 340 Å². The molecule has 12 aromatic carbocycles. The minimum Gasteiger partial charge on any atom is -0.456 e. The zero-order valence-corrected chi connectivity index (χ0v) is 32.0. The van der Waals surface area contributed by atoms with Gasteiger partial charge in [0, 0.05) is 10.8 Å². The van der Waals surface area contributed by atoms with Crippen molar-refractivity contribution >= 4 is 97.3 Å². The van der Waals surface area contributed by atoms with Crippen LogP contribution in [0, 0.1) is 0 Å². The average Bonchev–Trinajstić information content (AvgIpc) is 3.67. The average molecular weight is 747 g/mol. The van der Waals surface area contributed by atoms with Gasteiger partial charge in [0.1, 0.15) is 11.2 Å². The second-order valence-corrected chi connectivity index (χ2v) is 16.0. The van der Waals surface area contributed by atoms with Crippen LogP contribution < -0.4 is 0 Å². The van der Waals surface area contributed by atoms with Crippen molar-refractivity contribution in [2.75, 3.05) is 0 Å². The smallest absolute Gasteiger partial charge is 0.136 e. The molecule has 13 rings (SSSR count). The molecular formula is C58H34O. The summed E-state index contributed by atoms with van der Waals surface area (Å²) in [7, 11) is 0. The van der Waals surface area contributed by atoms with Crippen LogP contribution in [0.1, 0.15) is 0 Å². The first-order valence-corrected chi connectivity index (χ1v) is 20.4. The first-order valence-electron chi connectivity index (χ1n) is 20.4. The summed E-state index contributed by atoms with van der Waals surface area (Å²) in [5.74, 6) is 0. The lowest BCUT2D eigenvalue weighted by Gasteiger charge is -2.14. The normalized spacial score (nSPS) is 12.1. The Bertz CT molecular complexity index is 3900. The Hall–Kier alpha value is -7.74. The standard InChI is InChI=1S/C58H34O/c1-3-11-44-36(9-1)23-26-49-46-13-5-6-14-47(46)54(34-55(44)49)41-25-28-51-50-27-24-39(32-56(50)59-57(51)33-41)38-20-17-35-18-21-40(30-43(35)29-38)53-31-42-22-19-37-10-2-4-12-45(37)58(42)52-16-8-7-15-48(52)53/h1-34H. The molecule has 0 spiro atoms. The van der Waals surface area contributed by atoms with E-state index >= 15 is 0 Å². The van der Waals surface area contributed by atoms with Gasteiger partial charge in [-0.3, -0.25) is 0 Å². The lowest BCUT2D eigenvalue weighted by Crippen LogP contribution is -1.87. The van der Waals surface area contributed by atoms with Crippen LogP contribution in [-0.2, 0) is 0 Å². The van der Waals surface area contributed by atoms with E-state index in [2.05, 4.69) is 206 Å². The summed E-state index contributed by atoms with van der Waals surface area (Å²) in [5, 5.41) is 20.0. The Morgan fingerprint density at radius 3 is 1.47 bits per heavy atom. The molecule has 0 fully saturated rings. The SMILES string of the molecule is c1ccc2c(c1)ccc1c3ccccc3c(-c3ccc4c(c3)oc3cc(-c5ccc6ccc(-c7cc8ccc9ccccc9c8c8ccccc78)cc6c5)ccc34)cc21. The van der Waals surface area contributed by atoms with Crippen molar-refractivity contribution in [1.82, 2.24) is 0 Å². The van der Waals surface area contributed by atoms with Crippen LogP contribution in [0.15, 0.2) is 211 Å². The fourth-order valence-corrected chi connectivity index (χ4v) is 9.94. The van der Waals surface area contributed by atoms with Gasteiger partial charge < -0.3 is 4.42 Å². The first kappa shape index (κ1) is 32.4. The number of rotatable bonds is 3. The number of furan rings is 1. The molecule has 0 aliphatic carbocycles. The van der Waals surface area contributed by atoms with Gasteiger partial charge in [0.15, 0.2) is 0 Å². The van der Waals surface area contributed by atoms with Gasteiger partial charge in [-0.2, -0.15) is 0 Å². The summed E-state index contributed by atoms with van der Waals surface area (Å²) in [5.41, 5.74) is 8.94. The number of hydrogen-bond acceptors (Lipinski definition) is 1. The van der Waals surface area contributed by atoms with Crippen LogP contribution in [0.25, 0.3) is 131 Å². The second kappa shape index (κ2) is 12.4. The topological polar surface area (TPSA) is 13.1 Å². The highest BCUT2D eigenvalue weighted by atomic mass is 16.3. The molecule has 0 saturated heterocycles. The maximum Gasteiger partial charge on any atom is 0.136 e. The maximum absolute atomic E-state index is 6.71. The molecule has 0 bridgehead atoms. The third-order valence-electron chi connectivity index (χ3n) is 12.8. The van der Waals surface area contributed by atoms with E-state index < -0.39 is 0 Å². The van der Waals surface area contributed by atoms with E-state index in [1.807, 2.05) is 0 Å². The van der Waals surface area contributed by atoms with E-state index in [0.29, 0.717) is 0 Å². The third kappa shape index (κ3) is 4.92. The number of fused-ring (bicyclic) bond motifs is 14. The zero-order valence-electron chi connectivity index (χ0n) is 32.0. The van der Waals surface area contributed by atoms with Crippen molar-refractivity contribution in [3.63, 3.8) is 0 Å². The fourth-order valence-electron chi connectivity index (χ4n) is 9.94. The Kier molecular flexibility index (Phi) is 6.79. The van der Waals surface area contributed by atoms with Gasteiger partial charge in [0.05, 0.1) is 0 Å². The first-order chi connectivity index (χ1) is 29.2. The summed E-state index contributed by atoms with van der Waals surface area (Å²) in [6.45, 7) is 0. The van der Waals surface area contributed by atoms with Gasteiger partial charge in [-0.25, -0.2) is 0 Å². The van der Waals surface area contributed by atoms with Crippen molar-refractivity contribution in [2.45, 2.75) is 0 Å². The zero-order chi connectivity index (χ0) is 38.6. The van der Waals surface area contributed by atoms with Crippen molar-refractivity contribution in [3.8, 4) is 33.4 Å². The number of benzene rings is 12. The van der Waals surface area contributed by atoms with Crippen molar-refractivity contribution < 1.29 is 4.42 Å². The lowest BCUT2D eigenvalue weighted by atomic mass is 9.90. The van der Waals surface area contributed by atoms with Crippen molar-refractivity contribution in [3.05, 3.63) is 206 Å². The van der Waals surface area contributed by atoms with Gasteiger partial charge in [0.2, 0.25) is 0 Å². The fraction of sp³-hybridized carbons (Fsp3) is 0. The molecule has 1 aromatic heterocycles. The highest BCUT2D eigenvalue weighted by Gasteiger charge is 2.16. The maximum atomic E-state index is 6.71. The van der Waals surface area contributed by atoms with Gasteiger partial charge in [-0.05, 0) is 157 Å². The number of hydrogen-bond donors (Lipinski definition) is 0. The molecule has 0 radical (unpaired) electrons. The van der Waals surface area contributed by atoms with E-state index in [1.54, 1.807) is 0 Å². The Balaban J connectivity index is 0.913. The van der Waals surface area contributed by atoms with E-state index in [0.717, 1.165) is 33.1 Å². The molecule has 1 nitrogen and oxygen atoms in total. The molecule has 0 amide bonds. The molecule has 13 aromatic rings. The second-order valence-electron chi connectivity index (χ2n) is 16.0. The summed E-state index contributed by atoms with van der Waals surface area (Å²) >= 11 is 0. The molecule has 1 heteroatoms. The molecule has 272 valence electrons. The predicted molar refractivity (Wildman–Crippen MR) is 253 cm³/mol. The van der Waals surface area contributed by atoms with Crippen LogP contribution in [0.5, 0.6) is 0 Å². The molecule has 0 unspecified atom stereocenters. The van der Waals surface area contributed by atoms with Crippen LogP contribution in [0.2, 0.25) is 0 Å². The quantitative estimate of drug-likeness (QED) is 0.164. The molecule has 0 aliphatic heterocycles. The summed E-state index contributed by atoms with van der Waals surface area (Å²) in [6, 6.07) is 75.9. The minimum absolute atomic E-state index is 0.896. The van der Waals surface area contributed by atoms with Gasteiger partial charge in [0.25, 0.3) is 0 Å². The monoisotopic (exact) mass is 746 g/mol. The molecule has 0 saturated carbocycles.